The van der Waals surface area contributed by atoms with Crippen LogP contribution in [0.5, 0.6) is 23.0 Å². The van der Waals surface area contributed by atoms with Gasteiger partial charge in [0, 0.05) is 83.2 Å². The van der Waals surface area contributed by atoms with Gasteiger partial charge in [0.1, 0.15) is 21.4 Å². The molecule has 5 aromatic rings. The van der Waals surface area contributed by atoms with Crippen LogP contribution in [0, 0.1) is 5.82 Å². The Bertz CT molecular complexity index is 2970. The van der Waals surface area contributed by atoms with Crippen LogP contribution in [0.15, 0.2) is 66.9 Å². The van der Waals surface area contributed by atoms with Crippen LogP contribution in [0.4, 0.5) is 29.6 Å². The molecule has 0 saturated carbocycles. The molecule has 0 unspecified atom stereocenters. The van der Waals surface area contributed by atoms with Gasteiger partial charge in [-0.05, 0) is 60.9 Å². The number of amides is 5. The van der Waals surface area contributed by atoms with Crippen molar-refractivity contribution in [2.45, 2.75) is 44.3 Å². The summed E-state index contributed by atoms with van der Waals surface area (Å²) in [5, 5.41) is 7.00. The number of carbonyl (C=O) groups excluding carboxylic acids is 4. The molecule has 3 fully saturated rings. The maximum absolute atomic E-state index is 16.1. The highest BCUT2D eigenvalue weighted by atomic mass is 32.2. The Morgan fingerprint density at radius 1 is 0.899 bits per heavy atom. The summed E-state index contributed by atoms with van der Waals surface area (Å²) in [6.07, 6.45) is 2.73. The molecule has 0 radical (unpaired) electrons. The normalized spacial score (nSPS) is 19.5. The number of imide groups is 2. The average molecular weight is 974 g/mol. The predicted molar refractivity (Wildman–Crippen MR) is 246 cm³/mol. The quantitative estimate of drug-likeness (QED) is 0.144. The van der Waals surface area contributed by atoms with E-state index in [-0.39, 0.29) is 87.2 Å². The van der Waals surface area contributed by atoms with Gasteiger partial charge in [0.2, 0.25) is 5.91 Å². The first-order valence-electron chi connectivity index (χ1n) is 22.4. The van der Waals surface area contributed by atoms with E-state index >= 15 is 13.2 Å². The maximum Gasteiger partial charge on any atom is 0.329 e. The highest BCUT2D eigenvalue weighted by Crippen LogP contribution is 2.40. The van der Waals surface area contributed by atoms with E-state index in [0.29, 0.717) is 40.3 Å². The van der Waals surface area contributed by atoms with E-state index in [0.717, 1.165) is 16.7 Å². The van der Waals surface area contributed by atoms with Crippen molar-refractivity contribution in [1.82, 2.24) is 34.8 Å². The molecule has 0 aliphatic carbocycles. The van der Waals surface area contributed by atoms with Crippen molar-refractivity contribution >= 4 is 56.1 Å². The number of fused-ring (bicyclic) bond motifs is 2. The Kier molecular flexibility index (Phi) is 12.8. The van der Waals surface area contributed by atoms with Crippen molar-refractivity contribution in [3.8, 4) is 23.0 Å². The molecule has 1 N–H and O–H groups in total. The number of urea groups is 1. The van der Waals surface area contributed by atoms with Crippen molar-refractivity contribution in [2.24, 2.45) is 7.05 Å². The minimum absolute atomic E-state index is 0.0326. The lowest BCUT2D eigenvalue weighted by atomic mass is 9.97. The number of piperazine rings is 1. The number of halogens is 3. The van der Waals surface area contributed by atoms with Crippen LogP contribution in [0.3, 0.4) is 0 Å². The SMILES string of the molecule is CCOc1cc([C@@H](CS(C)(=O)=O)N2C(=O)c3ccnc(N4CCN([C@H]5CCN(Cc6ccc(Oc7cc8c(cc7F)c(N7CCC(=O)NC7=O)nn8C)cc6)CC5(F)F)CC4)c3C2=O)ccc1OC. The van der Waals surface area contributed by atoms with Crippen LogP contribution in [-0.2, 0) is 28.2 Å². The van der Waals surface area contributed by atoms with Gasteiger partial charge in [0.25, 0.3) is 17.7 Å². The van der Waals surface area contributed by atoms with Crippen molar-refractivity contribution in [3.63, 3.8) is 0 Å². The fraction of sp³-hybridized carbons (Fsp3) is 0.404. The third kappa shape index (κ3) is 9.39. The van der Waals surface area contributed by atoms with Crippen molar-refractivity contribution < 1.29 is 55.0 Å². The van der Waals surface area contributed by atoms with Crippen LogP contribution in [-0.4, -0.2) is 145 Å². The summed E-state index contributed by atoms with van der Waals surface area (Å²) in [4.78, 5) is 64.4. The smallest absolute Gasteiger partial charge is 0.329 e. The van der Waals surface area contributed by atoms with Crippen molar-refractivity contribution in [2.75, 3.05) is 81.3 Å². The zero-order valence-electron chi connectivity index (χ0n) is 38.3. The minimum Gasteiger partial charge on any atom is -0.493 e. The zero-order valence-corrected chi connectivity index (χ0v) is 39.1. The highest BCUT2D eigenvalue weighted by Gasteiger charge is 2.49. The Morgan fingerprint density at radius 3 is 2.33 bits per heavy atom. The number of aryl methyl sites for hydroxylation is 1. The Labute approximate surface area is 395 Å². The molecule has 9 rings (SSSR count). The molecular weight excluding hydrogens is 924 g/mol. The minimum atomic E-state index is -3.73. The molecule has 3 saturated heterocycles. The number of piperidine rings is 1. The molecule has 0 spiro atoms. The monoisotopic (exact) mass is 973 g/mol. The number of ether oxygens (including phenoxy) is 3. The van der Waals surface area contributed by atoms with Gasteiger partial charge < -0.3 is 19.1 Å². The molecule has 364 valence electrons. The standard InChI is InChI=1S/C47H50F3N9O9S/c1-5-67-38-22-29(8-11-36(38)66-3)35(26-69(4,64)65)59-44(61)31-12-15-51-43(41(31)45(59)62)57-20-18-56(19-21-57)39-13-16-55(27-47(39,49)50)25-28-6-9-30(10-7-28)68-37-24-34-32(23-33(37)48)42(53-54(34)2)58-17-14-40(60)52-46(58)63/h6-12,15,22-24,35,39H,5,13-14,16-21,25-27H2,1-4H3,(H,52,60,63)/t35-,39+/m1/s1. The number of carbonyl (C=O) groups is 4. The van der Waals surface area contributed by atoms with Crippen LogP contribution in [0.1, 0.15) is 57.7 Å². The summed E-state index contributed by atoms with van der Waals surface area (Å²) >= 11 is 0. The predicted octanol–water partition coefficient (Wildman–Crippen LogP) is 5.17. The van der Waals surface area contributed by atoms with Gasteiger partial charge in [-0.2, -0.15) is 5.10 Å². The number of sulfone groups is 1. The Balaban J connectivity index is 0.822. The number of hydrogen-bond donors (Lipinski definition) is 1. The van der Waals surface area contributed by atoms with Crippen molar-refractivity contribution in [1.29, 1.82) is 0 Å². The fourth-order valence-electron chi connectivity index (χ4n) is 9.64. The van der Waals surface area contributed by atoms with E-state index in [9.17, 15) is 27.6 Å². The second-order valence-corrected chi connectivity index (χ2v) is 19.7. The molecule has 6 heterocycles. The number of anilines is 2. The molecule has 5 amide bonds. The molecule has 2 atom stereocenters. The third-order valence-corrected chi connectivity index (χ3v) is 13.8. The number of likely N-dealkylation sites (tertiary alicyclic amines) is 1. The van der Waals surface area contributed by atoms with Gasteiger partial charge in [-0.15, -0.1) is 0 Å². The van der Waals surface area contributed by atoms with Gasteiger partial charge in [0.15, 0.2) is 28.9 Å². The lowest BCUT2D eigenvalue weighted by Gasteiger charge is -2.46. The summed E-state index contributed by atoms with van der Waals surface area (Å²) in [5.74, 6) is -4.68. The second kappa shape index (κ2) is 18.6. The number of aromatic nitrogens is 3. The molecule has 3 aromatic carbocycles. The summed E-state index contributed by atoms with van der Waals surface area (Å²) in [6, 6.07) is 12.8. The van der Waals surface area contributed by atoms with Crippen LogP contribution >= 0.6 is 0 Å². The van der Waals surface area contributed by atoms with Crippen LogP contribution < -0.4 is 29.3 Å². The molecule has 22 heteroatoms. The van der Waals surface area contributed by atoms with Crippen LogP contribution in [0.25, 0.3) is 10.9 Å². The van der Waals surface area contributed by atoms with Gasteiger partial charge >= 0.3 is 6.03 Å². The molecule has 2 aromatic heterocycles. The largest absolute Gasteiger partial charge is 0.493 e. The first kappa shape index (κ1) is 47.3. The first-order chi connectivity index (χ1) is 32.9. The number of rotatable bonds is 14. The van der Waals surface area contributed by atoms with E-state index in [1.54, 1.807) is 71.1 Å². The molecule has 18 nitrogen and oxygen atoms in total. The van der Waals surface area contributed by atoms with E-state index in [1.165, 1.54) is 41.1 Å². The summed E-state index contributed by atoms with van der Waals surface area (Å²) in [5.41, 5.74) is 1.71. The maximum atomic E-state index is 16.1. The summed E-state index contributed by atoms with van der Waals surface area (Å²) < 4.78 is 91.5. The number of pyridine rings is 1. The van der Waals surface area contributed by atoms with E-state index in [4.69, 9.17) is 14.2 Å². The number of benzene rings is 3. The Hall–Kier alpha value is -6.78. The third-order valence-electron chi connectivity index (χ3n) is 12.9. The van der Waals surface area contributed by atoms with Gasteiger partial charge in [0.05, 0.1) is 54.7 Å². The number of nitrogens with zero attached hydrogens (tertiary/aromatic N) is 8. The molecule has 4 aliphatic heterocycles. The number of nitrogens with one attached hydrogen (secondary N) is 1. The second-order valence-electron chi connectivity index (χ2n) is 17.5. The Morgan fingerprint density at radius 2 is 1.65 bits per heavy atom. The molecule has 69 heavy (non-hydrogen) atoms. The molecular formula is C47H50F3N9O9S. The van der Waals surface area contributed by atoms with Crippen molar-refractivity contribution in [3.05, 3.63) is 94.9 Å². The summed E-state index contributed by atoms with van der Waals surface area (Å²) in [7, 11) is -0.623. The summed E-state index contributed by atoms with van der Waals surface area (Å²) in [6.45, 7) is 3.33. The van der Waals surface area contributed by atoms with Gasteiger partial charge in [-0.1, -0.05) is 18.2 Å². The van der Waals surface area contributed by atoms with E-state index in [2.05, 4.69) is 15.4 Å². The molecule has 0 bridgehead atoms. The lowest BCUT2D eigenvalue weighted by Crippen LogP contribution is -2.61. The van der Waals surface area contributed by atoms with Gasteiger partial charge in [-0.25, -0.2) is 31.4 Å². The topological polar surface area (TPSA) is 189 Å². The van der Waals surface area contributed by atoms with E-state index in [1.807, 2.05) is 0 Å². The zero-order chi connectivity index (χ0) is 48.9. The van der Waals surface area contributed by atoms with Gasteiger partial charge in [-0.3, -0.25) is 44.0 Å². The number of alkyl halides is 2. The average Bonchev–Trinajstić information content (AvgIpc) is 3.75. The molecule has 4 aliphatic rings. The number of methoxy groups -OCH3 is 1. The first-order valence-corrected chi connectivity index (χ1v) is 24.5. The lowest BCUT2D eigenvalue weighted by molar-refractivity contribution is -0.129. The van der Waals surface area contributed by atoms with E-state index < -0.39 is 69.7 Å². The fourth-order valence-corrected chi connectivity index (χ4v) is 10.6. The highest BCUT2D eigenvalue weighted by molar-refractivity contribution is 7.90. The van der Waals surface area contributed by atoms with Crippen LogP contribution in [0.2, 0.25) is 0 Å². The number of hydrogen-bond acceptors (Lipinski definition) is 14.